The number of nitrogens with two attached hydrogens (primary N) is 1. The maximum Gasteiger partial charge on any atom is 0.331 e. The van der Waals surface area contributed by atoms with Gasteiger partial charge in [0.15, 0.2) is 11.5 Å². The number of benzene rings is 2. The first-order valence-electron chi connectivity index (χ1n) is 9.71. The molecule has 1 atom stereocenters. The summed E-state index contributed by atoms with van der Waals surface area (Å²) in [5.74, 6) is 0.839. The van der Waals surface area contributed by atoms with Crippen molar-refractivity contribution < 1.29 is 19.9 Å². The second-order valence-corrected chi connectivity index (χ2v) is 7.23. The van der Waals surface area contributed by atoms with Crippen LogP contribution in [0.5, 0.6) is 17.4 Å². The van der Waals surface area contributed by atoms with E-state index in [4.69, 9.17) is 9.47 Å². The Bertz CT molecular complexity index is 1180. The molecule has 0 spiro atoms. The Morgan fingerprint density at radius 3 is 2.53 bits per heavy atom. The highest BCUT2D eigenvalue weighted by atomic mass is 16.5. The Morgan fingerprint density at radius 1 is 1.13 bits per heavy atom. The molecule has 2 aromatic carbocycles. The molecule has 1 aliphatic heterocycles. The number of aromatic nitrogens is 2. The molecule has 0 bridgehead atoms. The van der Waals surface area contributed by atoms with Crippen molar-refractivity contribution >= 4 is 0 Å². The van der Waals surface area contributed by atoms with Crippen molar-refractivity contribution in [3.05, 3.63) is 85.6 Å². The van der Waals surface area contributed by atoms with E-state index in [0.29, 0.717) is 11.5 Å². The zero-order chi connectivity index (χ0) is 21.3. The minimum Gasteiger partial charge on any atom is -0.494 e. The summed E-state index contributed by atoms with van der Waals surface area (Å²) in [5.41, 5.74) is 1.62. The lowest BCUT2D eigenvalue weighted by Crippen LogP contribution is -2.87. The standard InChI is InChI=1S/C22H23N3O5/c1-29-16-10-14-8-9-23-19(15(14)11-17(16)30-2)18-20(26)24-22(28)25(21(18)27)12-13-6-4-3-5-7-13/h3-7,10-11,19,23,27H,8-9,12H2,1-2H3,(H,24,26,28)/p+1/t19-/m1/s1. The van der Waals surface area contributed by atoms with Crippen LogP contribution in [0.1, 0.15) is 28.3 Å². The number of hydrogen-bond donors (Lipinski definition) is 3. The van der Waals surface area contributed by atoms with Crippen LogP contribution in [0.25, 0.3) is 0 Å². The lowest BCUT2D eigenvalue weighted by atomic mass is 9.90. The molecule has 8 nitrogen and oxygen atoms in total. The fourth-order valence-electron chi connectivity index (χ4n) is 4.02. The first kappa shape index (κ1) is 19.8. The van der Waals surface area contributed by atoms with Crippen molar-refractivity contribution in [3.8, 4) is 17.4 Å². The molecule has 156 valence electrons. The maximum absolute atomic E-state index is 12.7. The number of aromatic hydroxyl groups is 1. The van der Waals surface area contributed by atoms with Crippen LogP contribution < -0.4 is 26.0 Å². The summed E-state index contributed by atoms with van der Waals surface area (Å²) in [6.07, 6.45) is 0.786. The number of aromatic amines is 1. The van der Waals surface area contributed by atoms with Crippen molar-refractivity contribution in [1.29, 1.82) is 0 Å². The van der Waals surface area contributed by atoms with E-state index in [9.17, 15) is 14.7 Å². The maximum atomic E-state index is 12.7. The molecule has 0 saturated heterocycles. The third kappa shape index (κ3) is 3.46. The lowest BCUT2D eigenvalue weighted by Gasteiger charge is -2.26. The summed E-state index contributed by atoms with van der Waals surface area (Å²) < 4.78 is 12.0. The molecule has 8 heteroatoms. The van der Waals surface area contributed by atoms with Crippen molar-refractivity contribution in [2.75, 3.05) is 20.8 Å². The molecule has 4 N–H and O–H groups in total. The van der Waals surface area contributed by atoms with Crippen molar-refractivity contribution in [2.24, 2.45) is 0 Å². The second kappa shape index (κ2) is 8.08. The van der Waals surface area contributed by atoms with E-state index in [1.54, 1.807) is 14.2 Å². The van der Waals surface area contributed by atoms with Crippen LogP contribution in [0.3, 0.4) is 0 Å². The summed E-state index contributed by atoms with van der Waals surface area (Å²) in [7, 11) is 3.13. The van der Waals surface area contributed by atoms with Crippen molar-refractivity contribution in [2.45, 2.75) is 19.0 Å². The summed E-state index contributed by atoms with van der Waals surface area (Å²) in [6, 6.07) is 12.6. The molecule has 0 aliphatic carbocycles. The molecule has 0 radical (unpaired) electrons. The second-order valence-electron chi connectivity index (χ2n) is 7.23. The van der Waals surface area contributed by atoms with E-state index >= 15 is 0 Å². The summed E-state index contributed by atoms with van der Waals surface area (Å²) >= 11 is 0. The van der Waals surface area contributed by atoms with E-state index in [2.05, 4.69) is 4.98 Å². The average Bonchev–Trinajstić information content (AvgIpc) is 2.76. The van der Waals surface area contributed by atoms with Crippen LogP contribution in [-0.2, 0) is 13.0 Å². The van der Waals surface area contributed by atoms with Gasteiger partial charge in [0, 0.05) is 12.0 Å². The molecule has 0 unspecified atom stereocenters. The highest BCUT2D eigenvalue weighted by Gasteiger charge is 2.33. The number of ether oxygens (including phenoxy) is 2. The van der Waals surface area contributed by atoms with Gasteiger partial charge in [-0.2, -0.15) is 0 Å². The number of methoxy groups -OCH3 is 2. The largest absolute Gasteiger partial charge is 0.494 e. The summed E-state index contributed by atoms with van der Waals surface area (Å²) in [6.45, 7) is 0.880. The topological polar surface area (TPSA) is 110 Å². The van der Waals surface area contributed by atoms with Crippen LogP contribution in [0.15, 0.2) is 52.1 Å². The smallest absolute Gasteiger partial charge is 0.331 e. The third-order valence-electron chi connectivity index (χ3n) is 5.50. The number of nitrogens with zero attached hydrogens (tertiary/aromatic N) is 1. The Hall–Kier alpha value is -3.52. The first-order valence-corrected chi connectivity index (χ1v) is 9.71. The fourth-order valence-corrected chi connectivity index (χ4v) is 4.02. The van der Waals surface area contributed by atoms with Gasteiger partial charge in [0.05, 0.1) is 27.3 Å². The van der Waals surface area contributed by atoms with Crippen LogP contribution in [0.2, 0.25) is 0 Å². The summed E-state index contributed by atoms with van der Waals surface area (Å²) in [4.78, 5) is 27.5. The fraction of sp³-hybridized carbons (Fsp3) is 0.273. The predicted molar refractivity (Wildman–Crippen MR) is 110 cm³/mol. The normalized spacial score (nSPS) is 15.5. The molecule has 0 saturated carbocycles. The van der Waals surface area contributed by atoms with Gasteiger partial charge < -0.3 is 19.9 Å². The Kier molecular flexibility index (Phi) is 5.33. The van der Waals surface area contributed by atoms with Gasteiger partial charge in [0.25, 0.3) is 5.56 Å². The number of hydrogen-bond acceptors (Lipinski definition) is 5. The highest BCUT2D eigenvalue weighted by Crippen LogP contribution is 2.36. The number of fused-ring (bicyclic) bond motifs is 1. The molecule has 2 heterocycles. The Balaban J connectivity index is 1.85. The van der Waals surface area contributed by atoms with E-state index in [-0.39, 0.29) is 18.0 Å². The average molecular weight is 410 g/mol. The van der Waals surface area contributed by atoms with Crippen molar-refractivity contribution in [3.63, 3.8) is 0 Å². The molecular formula is C22H24N3O5+. The minimum absolute atomic E-state index is 0.152. The molecule has 1 aliphatic rings. The third-order valence-corrected chi connectivity index (χ3v) is 5.50. The van der Waals surface area contributed by atoms with Gasteiger partial charge in [-0.1, -0.05) is 30.3 Å². The highest BCUT2D eigenvalue weighted by molar-refractivity contribution is 5.51. The molecule has 0 fully saturated rings. The van der Waals surface area contributed by atoms with E-state index < -0.39 is 17.3 Å². The van der Waals surface area contributed by atoms with Gasteiger partial charge in [-0.05, 0) is 23.3 Å². The number of H-pyrrole nitrogens is 1. The van der Waals surface area contributed by atoms with Gasteiger partial charge >= 0.3 is 5.69 Å². The van der Waals surface area contributed by atoms with E-state index in [0.717, 1.165) is 29.7 Å². The van der Waals surface area contributed by atoms with E-state index in [1.165, 1.54) is 4.57 Å². The molecule has 0 amide bonds. The van der Waals surface area contributed by atoms with Gasteiger partial charge in [0.2, 0.25) is 5.88 Å². The quantitative estimate of drug-likeness (QED) is 0.568. The lowest BCUT2D eigenvalue weighted by molar-refractivity contribution is -0.690. The number of rotatable bonds is 5. The molecule has 4 rings (SSSR count). The van der Waals surface area contributed by atoms with Crippen LogP contribution >= 0.6 is 0 Å². The van der Waals surface area contributed by atoms with Crippen LogP contribution in [0.4, 0.5) is 0 Å². The van der Waals surface area contributed by atoms with Crippen molar-refractivity contribution in [1.82, 2.24) is 9.55 Å². The van der Waals surface area contributed by atoms with Crippen LogP contribution in [0, 0.1) is 0 Å². The number of nitrogens with one attached hydrogen (secondary N) is 1. The van der Waals surface area contributed by atoms with E-state index in [1.807, 2.05) is 47.8 Å². The van der Waals surface area contributed by atoms with Gasteiger partial charge in [-0.15, -0.1) is 0 Å². The molecule has 1 aromatic heterocycles. The molecule has 30 heavy (non-hydrogen) atoms. The first-order chi connectivity index (χ1) is 14.5. The zero-order valence-corrected chi connectivity index (χ0v) is 16.8. The van der Waals surface area contributed by atoms with Crippen LogP contribution in [-0.4, -0.2) is 35.4 Å². The predicted octanol–water partition coefficient (Wildman–Crippen LogP) is 0.517. The zero-order valence-electron chi connectivity index (χ0n) is 16.8. The minimum atomic E-state index is -0.645. The van der Waals surface area contributed by atoms with Gasteiger partial charge in [0.1, 0.15) is 11.6 Å². The van der Waals surface area contributed by atoms with Gasteiger partial charge in [-0.3, -0.25) is 14.3 Å². The summed E-state index contributed by atoms with van der Waals surface area (Å²) in [5, 5.41) is 13.0. The Labute approximate surface area is 172 Å². The molecule has 3 aromatic rings. The SMILES string of the molecule is COc1cc2c(cc1OC)[C@H](c1c(O)n(Cc3ccccc3)c(=O)[nH]c1=O)[NH2+]CC2. The number of quaternary nitrogens is 1. The Morgan fingerprint density at radius 2 is 1.83 bits per heavy atom. The molecular weight excluding hydrogens is 386 g/mol. The monoisotopic (exact) mass is 410 g/mol. The van der Waals surface area contributed by atoms with Gasteiger partial charge in [-0.25, -0.2) is 4.79 Å².